The van der Waals surface area contributed by atoms with Crippen LogP contribution < -0.4 is 4.90 Å². The van der Waals surface area contributed by atoms with Crippen LogP contribution in [-0.2, 0) is 9.53 Å². The zero-order valence-corrected chi connectivity index (χ0v) is 19.7. The Morgan fingerprint density at radius 2 is 1.94 bits per heavy atom. The van der Waals surface area contributed by atoms with Crippen molar-refractivity contribution in [3.63, 3.8) is 0 Å². The quantitative estimate of drug-likeness (QED) is 0.520. The number of carbonyl (C=O) groups is 1. The predicted octanol–water partition coefficient (Wildman–Crippen LogP) is 4.74. The lowest BCUT2D eigenvalue weighted by Gasteiger charge is -2.46. The van der Waals surface area contributed by atoms with E-state index in [-0.39, 0.29) is 29.3 Å². The van der Waals surface area contributed by atoms with Gasteiger partial charge in [0, 0.05) is 44.3 Å². The van der Waals surface area contributed by atoms with Gasteiger partial charge in [-0.3, -0.25) is 9.69 Å². The molecule has 2 saturated heterocycles. The van der Waals surface area contributed by atoms with Crippen molar-refractivity contribution in [1.82, 2.24) is 4.90 Å². The molecule has 0 amide bonds. The van der Waals surface area contributed by atoms with Crippen LogP contribution in [0.5, 0.6) is 0 Å². The van der Waals surface area contributed by atoms with E-state index in [1.165, 1.54) is 36.1 Å². The second-order valence-electron chi connectivity index (χ2n) is 10.8. The molecule has 2 aliphatic heterocycles. The van der Waals surface area contributed by atoms with Crippen molar-refractivity contribution in [1.29, 1.82) is 0 Å². The van der Waals surface area contributed by atoms with Crippen molar-refractivity contribution < 1.29 is 9.53 Å². The smallest absolute Gasteiger partial charge is 0.311 e. The maximum atomic E-state index is 12.9. The van der Waals surface area contributed by atoms with Crippen LogP contribution in [0.25, 0.3) is 0 Å². The van der Waals surface area contributed by atoms with Crippen molar-refractivity contribution >= 4 is 11.7 Å². The standard InChI is InChI=1S/C27H38N2O2/c1-18-7-5-9-24(20(18)3)29-13-11-28(12-14-29)17-22-21-15-23-19(2)8-6-10-27(23,4)16-25(21)31-26(22)30/h5,7,9,15,19,21-22,25H,6,8,10-14,16-17H2,1-4H3/t19-,21-,22-,25-,27-/m1/s1. The summed E-state index contributed by atoms with van der Waals surface area (Å²) in [5.41, 5.74) is 5.96. The first-order chi connectivity index (χ1) is 14.9. The zero-order chi connectivity index (χ0) is 21.8. The van der Waals surface area contributed by atoms with Gasteiger partial charge in [-0.1, -0.05) is 44.1 Å². The Morgan fingerprint density at radius 3 is 2.71 bits per heavy atom. The molecule has 1 aromatic rings. The van der Waals surface area contributed by atoms with Gasteiger partial charge in [0.15, 0.2) is 0 Å². The number of aryl methyl sites for hydroxylation is 1. The second kappa shape index (κ2) is 7.95. The van der Waals surface area contributed by atoms with Crippen molar-refractivity contribution in [3.8, 4) is 0 Å². The average Bonchev–Trinajstić information content (AvgIpc) is 3.03. The summed E-state index contributed by atoms with van der Waals surface area (Å²) in [5.74, 6) is 0.965. The minimum Gasteiger partial charge on any atom is -0.461 e. The number of allylic oxidation sites excluding steroid dienone is 1. The number of esters is 1. The number of nitrogens with zero attached hydrogens (tertiary/aromatic N) is 2. The summed E-state index contributed by atoms with van der Waals surface area (Å²) in [6, 6.07) is 6.59. The number of hydrogen-bond donors (Lipinski definition) is 0. The van der Waals surface area contributed by atoms with Gasteiger partial charge in [-0.05, 0) is 61.6 Å². The van der Waals surface area contributed by atoms with Gasteiger partial charge in [-0.25, -0.2) is 0 Å². The highest BCUT2D eigenvalue weighted by Crippen LogP contribution is 2.54. The Labute approximate surface area is 187 Å². The van der Waals surface area contributed by atoms with Crippen LogP contribution in [0.1, 0.15) is 50.7 Å². The number of benzene rings is 1. The largest absolute Gasteiger partial charge is 0.461 e. The number of hydrogen-bond acceptors (Lipinski definition) is 4. The number of ether oxygens (including phenoxy) is 1. The summed E-state index contributed by atoms with van der Waals surface area (Å²) in [6.45, 7) is 14.1. The second-order valence-corrected chi connectivity index (χ2v) is 10.8. The summed E-state index contributed by atoms with van der Waals surface area (Å²) < 4.78 is 5.97. The van der Waals surface area contributed by atoms with Crippen molar-refractivity contribution in [2.75, 3.05) is 37.6 Å². The number of fused-ring (bicyclic) bond motifs is 2. The van der Waals surface area contributed by atoms with E-state index in [2.05, 4.69) is 61.8 Å². The highest BCUT2D eigenvalue weighted by atomic mass is 16.6. The van der Waals surface area contributed by atoms with Crippen LogP contribution in [0.4, 0.5) is 5.69 Å². The molecule has 0 spiro atoms. The first-order valence-electron chi connectivity index (χ1n) is 12.3. The molecule has 1 aromatic carbocycles. The molecule has 5 atom stereocenters. The van der Waals surface area contributed by atoms with Crippen LogP contribution in [0.2, 0.25) is 0 Å². The summed E-state index contributed by atoms with van der Waals surface area (Å²) in [7, 11) is 0. The van der Waals surface area contributed by atoms with E-state index < -0.39 is 0 Å². The van der Waals surface area contributed by atoms with E-state index >= 15 is 0 Å². The van der Waals surface area contributed by atoms with Crippen molar-refractivity contribution in [3.05, 3.63) is 41.0 Å². The van der Waals surface area contributed by atoms with Gasteiger partial charge < -0.3 is 9.64 Å². The predicted molar refractivity (Wildman–Crippen MR) is 125 cm³/mol. The topological polar surface area (TPSA) is 32.8 Å². The fourth-order valence-electron chi connectivity index (χ4n) is 6.79. The third-order valence-corrected chi connectivity index (χ3v) is 8.83. The number of piperazine rings is 1. The van der Waals surface area contributed by atoms with E-state index in [0.717, 1.165) is 39.1 Å². The van der Waals surface area contributed by atoms with Crippen LogP contribution in [-0.4, -0.2) is 49.7 Å². The minimum atomic E-state index is 0.00318. The minimum absolute atomic E-state index is 0.00318. The summed E-state index contributed by atoms with van der Waals surface area (Å²) in [5, 5.41) is 0. The number of rotatable bonds is 3. The summed E-state index contributed by atoms with van der Waals surface area (Å²) >= 11 is 0. The Bertz CT molecular complexity index is 885. The number of carbonyl (C=O) groups excluding carboxylic acids is 1. The Kier molecular flexibility index (Phi) is 5.40. The fourth-order valence-corrected chi connectivity index (χ4v) is 6.79. The van der Waals surface area contributed by atoms with Crippen LogP contribution in [0.3, 0.4) is 0 Å². The molecule has 4 nitrogen and oxygen atoms in total. The Balaban J connectivity index is 1.27. The molecule has 2 aliphatic carbocycles. The molecule has 4 heteroatoms. The zero-order valence-electron chi connectivity index (χ0n) is 19.7. The van der Waals surface area contributed by atoms with Gasteiger partial charge in [0.1, 0.15) is 6.10 Å². The van der Waals surface area contributed by atoms with Crippen LogP contribution >= 0.6 is 0 Å². The molecule has 31 heavy (non-hydrogen) atoms. The van der Waals surface area contributed by atoms with E-state index in [0.29, 0.717) is 5.92 Å². The highest BCUT2D eigenvalue weighted by molar-refractivity contribution is 5.76. The molecule has 0 unspecified atom stereocenters. The molecule has 0 bridgehead atoms. The third-order valence-electron chi connectivity index (χ3n) is 8.83. The molecule has 5 rings (SSSR count). The van der Waals surface area contributed by atoms with E-state index in [4.69, 9.17) is 4.74 Å². The molecular formula is C27H38N2O2. The van der Waals surface area contributed by atoms with Gasteiger partial charge in [-0.2, -0.15) is 0 Å². The van der Waals surface area contributed by atoms with Crippen LogP contribution in [0, 0.1) is 37.0 Å². The summed E-state index contributed by atoms with van der Waals surface area (Å²) in [6.07, 6.45) is 7.44. The molecule has 1 saturated carbocycles. The molecule has 3 fully saturated rings. The molecule has 4 aliphatic rings. The van der Waals surface area contributed by atoms with Crippen molar-refractivity contribution in [2.45, 2.75) is 59.5 Å². The van der Waals surface area contributed by atoms with Crippen molar-refractivity contribution in [2.24, 2.45) is 23.2 Å². The average molecular weight is 423 g/mol. The molecule has 2 heterocycles. The molecular weight excluding hydrogens is 384 g/mol. The van der Waals surface area contributed by atoms with E-state index in [9.17, 15) is 4.79 Å². The normalized spacial score (nSPS) is 35.9. The molecule has 0 N–H and O–H groups in total. The van der Waals surface area contributed by atoms with Gasteiger partial charge in [0.05, 0.1) is 5.92 Å². The Morgan fingerprint density at radius 1 is 1.16 bits per heavy atom. The fraction of sp³-hybridized carbons (Fsp3) is 0.667. The monoisotopic (exact) mass is 422 g/mol. The molecule has 0 aromatic heterocycles. The van der Waals surface area contributed by atoms with Gasteiger partial charge in [0.25, 0.3) is 0 Å². The maximum Gasteiger partial charge on any atom is 0.311 e. The van der Waals surface area contributed by atoms with Gasteiger partial charge in [-0.15, -0.1) is 0 Å². The van der Waals surface area contributed by atoms with Crippen LogP contribution in [0.15, 0.2) is 29.8 Å². The summed E-state index contributed by atoms with van der Waals surface area (Å²) in [4.78, 5) is 17.9. The van der Waals surface area contributed by atoms with E-state index in [1.54, 1.807) is 5.57 Å². The highest BCUT2D eigenvalue weighted by Gasteiger charge is 2.52. The first kappa shape index (κ1) is 21.1. The first-order valence-corrected chi connectivity index (χ1v) is 12.3. The van der Waals surface area contributed by atoms with Gasteiger partial charge >= 0.3 is 5.97 Å². The third kappa shape index (κ3) is 3.71. The van der Waals surface area contributed by atoms with E-state index in [1.807, 2.05) is 0 Å². The van der Waals surface area contributed by atoms with Gasteiger partial charge in [0.2, 0.25) is 0 Å². The molecule has 0 radical (unpaired) electrons. The molecule has 168 valence electrons. The lowest BCUT2D eigenvalue weighted by molar-refractivity contribution is -0.145. The Hall–Kier alpha value is -1.81. The maximum absolute atomic E-state index is 12.9. The SMILES string of the molecule is Cc1cccc(N2CCN(C[C@H]3C(=O)O[C@@H]4C[C@@]5(C)CCC[C@@H](C)C5=C[C@@H]43)CC2)c1C. The lowest BCUT2D eigenvalue weighted by Crippen LogP contribution is -2.49. The lowest BCUT2D eigenvalue weighted by atomic mass is 9.59. The number of anilines is 1.